The van der Waals surface area contributed by atoms with Gasteiger partial charge in [-0.1, -0.05) is 35.9 Å². The lowest BCUT2D eigenvalue weighted by molar-refractivity contribution is 0.102. The molecule has 0 atom stereocenters. The van der Waals surface area contributed by atoms with Crippen LogP contribution in [-0.4, -0.2) is 10.5 Å². The summed E-state index contributed by atoms with van der Waals surface area (Å²) in [6.07, 6.45) is 1.72. The summed E-state index contributed by atoms with van der Waals surface area (Å²) < 4.78 is 15.7. The van der Waals surface area contributed by atoms with Crippen molar-refractivity contribution >= 4 is 34.1 Å². The fourth-order valence-electron chi connectivity index (χ4n) is 2.31. The number of rotatable bonds is 2. The molecule has 0 fully saturated rings. The normalized spacial score (nSPS) is 10.8. The largest absolute Gasteiger partial charge is 0.350 e. The van der Waals surface area contributed by atoms with Gasteiger partial charge in [-0.3, -0.25) is 4.79 Å². The maximum atomic E-state index is 13.8. The minimum absolute atomic E-state index is 0.0225. The van der Waals surface area contributed by atoms with E-state index in [1.54, 1.807) is 12.3 Å². The van der Waals surface area contributed by atoms with Crippen LogP contribution < -0.4 is 5.32 Å². The van der Waals surface area contributed by atoms with E-state index < -0.39 is 5.82 Å². The molecular weight excluding hydrogens is 291 g/mol. The molecule has 3 aromatic rings. The van der Waals surface area contributed by atoms with Crippen molar-refractivity contribution in [3.05, 3.63) is 65.1 Å². The number of carbonyl (C=O) groups excluding carboxylic acids is 1. The van der Waals surface area contributed by atoms with Gasteiger partial charge in [0.25, 0.3) is 5.91 Å². The van der Waals surface area contributed by atoms with Gasteiger partial charge in [0.15, 0.2) is 5.82 Å². The van der Waals surface area contributed by atoms with Gasteiger partial charge < -0.3 is 9.88 Å². The first-order valence-electron chi connectivity index (χ1n) is 6.37. The molecule has 1 heterocycles. The van der Waals surface area contributed by atoms with Crippen LogP contribution in [0.5, 0.6) is 0 Å². The quantitative estimate of drug-likeness (QED) is 0.755. The number of hydrogen-bond acceptors (Lipinski definition) is 1. The Bertz CT molecular complexity index is 841. The third-order valence-corrected chi connectivity index (χ3v) is 3.63. The predicted octanol–water partition coefficient (Wildman–Crippen LogP) is 4.22. The third kappa shape index (κ3) is 2.38. The molecule has 0 bridgehead atoms. The highest BCUT2D eigenvalue weighted by Gasteiger charge is 2.16. The second kappa shape index (κ2) is 5.22. The summed E-state index contributed by atoms with van der Waals surface area (Å²) in [6, 6.07) is 12.0. The summed E-state index contributed by atoms with van der Waals surface area (Å²) in [5, 5.41) is 3.36. The van der Waals surface area contributed by atoms with Gasteiger partial charge in [0.05, 0.1) is 16.3 Å². The number of carbonyl (C=O) groups is 1. The number of halogens is 2. The number of fused-ring (bicyclic) bond motifs is 1. The molecule has 5 heteroatoms. The Morgan fingerprint density at radius 3 is 2.76 bits per heavy atom. The topological polar surface area (TPSA) is 34.0 Å². The highest BCUT2D eigenvalue weighted by molar-refractivity contribution is 6.31. The molecule has 1 amide bonds. The van der Waals surface area contributed by atoms with E-state index in [4.69, 9.17) is 11.6 Å². The Kier molecular flexibility index (Phi) is 3.39. The van der Waals surface area contributed by atoms with Crippen molar-refractivity contribution < 1.29 is 9.18 Å². The van der Waals surface area contributed by atoms with Gasteiger partial charge in [-0.2, -0.15) is 0 Å². The monoisotopic (exact) mass is 302 g/mol. The molecule has 0 aliphatic heterocycles. The Balaban J connectivity index is 2.00. The van der Waals surface area contributed by atoms with Crippen molar-refractivity contribution in [1.82, 2.24) is 4.57 Å². The lowest BCUT2D eigenvalue weighted by Gasteiger charge is -2.06. The maximum Gasteiger partial charge on any atom is 0.257 e. The fraction of sp³-hybridized carbons (Fsp3) is 0.0625. The number of nitrogens with zero attached hydrogens (tertiary/aromatic N) is 1. The Labute approximate surface area is 125 Å². The first-order valence-corrected chi connectivity index (χ1v) is 6.75. The van der Waals surface area contributed by atoms with E-state index in [9.17, 15) is 9.18 Å². The van der Waals surface area contributed by atoms with Crippen LogP contribution in [0.3, 0.4) is 0 Å². The zero-order valence-corrected chi connectivity index (χ0v) is 12.0. The van der Waals surface area contributed by atoms with Crippen molar-refractivity contribution in [3.63, 3.8) is 0 Å². The summed E-state index contributed by atoms with van der Waals surface area (Å²) in [4.78, 5) is 12.4. The van der Waals surface area contributed by atoms with Crippen molar-refractivity contribution in [2.24, 2.45) is 7.05 Å². The van der Waals surface area contributed by atoms with Crippen molar-refractivity contribution in [2.75, 3.05) is 5.32 Å². The minimum atomic E-state index is -0.632. The Hall–Kier alpha value is -2.33. The average Bonchev–Trinajstić information content (AvgIpc) is 2.82. The number of amides is 1. The van der Waals surface area contributed by atoms with Gasteiger partial charge in [-0.15, -0.1) is 0 Å². The number of aromatic nitrogens is 1. The molecule has 3 nitrogen and oxygen atoms in total. The average molecular weight is 303 g/mol. The van der Waals surface area contributed by atoms with Crippen LogP contribution in [0.15, 0.2) is 48.7 Å². The van der Waals surface area contributed by atoms with E-state index in [0.717, 1.165) is 10.9 Å². The summed E-state index contributed by atoms with van der Waals surface area (Å²) in [6.45, 7) is 0. The molecule has 2 aromatic carbocycles. The van der Waals surface area contributed by atoms with Crippen LogP contribution in [0.25, 0.3) is 10.9 Å². The number of anilines is 1. The third-order valence-electron chi connectivity index (χ3n) is 3.34. The molecule has 0 saturated heterocycles. The molecule has 0 aliphatic carbocycles. The highest BCUT2D eigenvalue weighted by Crippen LogP contribution is 2.25. The second-order valence-corrected chi connectivity index (χ2v) is 5.13. The number of benzene rings is 2. The highest BCUT2D eigenvalue weighted by atomic mass is 35.5. The van der Waals surface area contributed by atoms with E-state index >= 15 is 0 Å². The van der Waals surface area contributed by atoms with E-state index in [1.807, 2.05) is 35.9 Å². The molecule has 0 spiro atoms. The van der Waals surface area contributed by atoms with Gasteiger partial charge in [0, 0.05) is 24.1 Å². The molecule has 1 N–H and O–H groups in total. The second-order valence-electron chi connectivity index (χ2n) is 4.73. The minimum Gasteiger partial charge on any atom is -0.350 e. The van der Waals surface area contributed by atoms with E-state index in [1.165, 1.54) is 12.1 Å². The van der Waals surface area contributed by atoms with Crippen LogP contribution in [-0.2, 0) is 7.05 Å². The summed E-state index contributed by atoms with van der Waals surface area (Å²) >= 11 is 5.71. The van der Waals surface area contributed by atoms with Gasteiger partial charge in [-0.25, -0.2) is 4.39 Å². The number of para-hydroxylation sites is 1. The first-order chi connectivity index (χ1) is 10.1. The standard InChI is InChI=1S/C16H12ClFN2O/c1-20-9-11(10-5-2-3-8-14(10)20)16(21)19-13-7-4-6-12(17)15(13)18/h2-9H,1H3,(H,19,21). The van der Waals surface area contributed by atoms with Crippen LogP contribution in [0.4, 0.5) is 10.1 Å². The van der Waals surface area contributed by atoms with E-state index in [-0.39, 0.29) is 16.6 Å². The zero-order valence-electron chi connectivity index (χ0n) is 11.2. The van der Waals surface area contributed by atoms with E-state index in [0.29, 0.717) is 5.56 Å². The maximum absolute atomic E-state index is 13.8. The summed E-state index contributed by atoms with van der Waals surface area (Å²) in [5.41, 5.74) is 1.50. The number of hydrogen-bond donors (Lipinski definition) is 1. The summed E-state index contributed by atoms with van der Waals surface area (Å²) in [5.74, 6) is -0.999. The molecular formula is C16H12ClFN2O. The smallest absolute Gasteiger partial charge is 0.257 e. The molecule has 3 rings (SSSR count). The lowest BCUT2D eigenvalue weighted by atomic mass is 10.1. The van der Waals surface area contributed by atoms with Gasteiger partial charge in [-0.05, 0) is 18.2 Å². The van der Waals surface area contributed by atoms with Crippen LogP contribution in [0.1, 0.15) is 10.4 Å². The first kappa shape index (κ1) is 13.6. The van der Waals surface area contributed by atoms with Crippen LogP contribution in [0, 0.1) is 5.82 Å². The van der Waals surface area contributed by atoms with Crippen LogP contribution in [0.2, 0.25) is 5.02 Å². The molecule has 21 heavy (non-hydrogen) atoms. The van der Waals surface area contributed by atoms with Gasteiger partial charge >= 0.3 is 0 Å². The molecule has 0 saturated carbocycles. The van der Waals surface area contributed by atoms with Gasteiger partial charge in [0.2, 0.25) is 0 Å². The Morgan fingerprint density at radius 2 is 1.95 bits per heavy atom. The van der Waals surface area contributed by atoms with Crippen molar-refractivity contribution in [3.8, 4) is 0 Å². The fourth-order valence-corrected chi connectivity index (χ4v) is 2.49. The summed E-state index contributed by atoms with van der Waals surface area (Å²) in [7, 11) is 1.86. The molecule has 106 valence electrons. The Morgan fingerprint density at radius 1 is 1.19 bits per heavy atom. The molecule has 0 unspecified atom stereocenters. The zero-order chi connectivity index (χ0) is 15.0. The lowest BCUT2D eigenvalue weighted by Crippen LogP contribution is -2.12. The number of aryl methyl sites for hydroxylation is 1. The van der Waals surface area contributed by atoms with Crippen molar-refractivity contribution in [1.29, 1.82) is 0 Å². The SMILES string of the molecule is Cn1cc(C(=O)Nc2cccc(Cl)c2F)c2ccccc21. The predicted molar refractivity (Wildman–Crippen MR) is 82.3 cm³/mol. The van der Waals surface area contributed by atoms with Gasteiger partial charge in [0.1, 0.15) is 0 Å². The van der Waals surface area contributed by atoms with Crippen LogP contribution >= 0.6 is 11.6 Å². The number of nitrogens with one attached hydrogen (secondary N) is 1. The van der Waals surface area contributed by atoms with E-state index in [2.05, 4.69) is 5.32 Å². The molecule has 0 radical (unpaired) electrons. The molecule has 0 aliphatic rings. The molecule has 1 aromatic heterocycles. The van der Waals surface area contributed by atoms with Crippen molar-refractivity contribution in [2.45, 2.75) is 0 Å².